The summed E-state index contributed by atoms with van der Waals surface area (Å²) in [7, 11) is 0. The number of carbonyl (C=O) groups is 2. The molecule has 1 amide bonds. The Kier molecular flexibility index (Phi) is 5.38. The number of aromatic nitrogens is 2. The molecule has 2 aromatic rings. The summed E-state index contributed by atoms with van der Waals surface area (Å²) >= 11 is 6.13. The number of benzene rings is 1. The summed E-state index contributed by atoms with van der Waals surface area (Å²) in [5.74, 6) is -0.695. The first-order valence-corrected chi connectivity index (χ1v) is 8.68. The number of likely N-dealkylation sites (tertiary alicyclic amines) is 1. The van der Waals surface area contributed by atoms with Crippen molar-refractivity contribution in [1.82, 2.24) is 14.7 Å². The van der Waals surface area contributed by atoms with E-state index in [0.29, 0.717) is 17.1 Å². The molecule has 132 valence electrons. The predicted molar refractivity (Wildman–Crippen MR) is 93.5 cm³/mol. The van der Waals surface area contributed by atoms with Crippen molar-refractivity contribution in [3.05, 3.63) is 52.8 Å². The monoisotopic (exact) mass is 361 g/mol. The quantitative estimate of drug-likeness (QED) is 0.768. The molecule has 1 saturated heterocycles. The Morgan fingerprint density at radius 2 is 2.00 bits per heavy atom. The molecule has 0 bridgehead atoms. The van der Waals surface area contributed by atoms with Gasteiger partial charge in [-0.05, 0) is 31.4 Å². The van der Waals surface area contributed by atoms with Crippen LogP contribution in [0, 0.1) is 0 Å². The highest BCUT2D eigenvalue weighted by Crippen LogP contribution is 2.16. The van der Waals surface area contributed by atoms with Crippen molar-refractivity contribution in [3.8, 4) is 0 Å². The number of rotatable bonds is 5. The Morgan fingerprint density at radius 1 is 1.28 bits per heavy atom. The number of hydrogen-bond acceptors (Lipinski definition) is 4. The van der Waals surface area contributed by atoms with Gasteiger partial charge >= 0.3 is 5.97 Å². The Morgan fingerprint density at radius 3 is 2.72 bits per heavy atom. The van der Waals surface area contributed by atoms with E-state index in [9.17, 15) is 9.59 Å². The van der Waals surface area contributed by atoms with Gasteiger partial charge in [-0.2, -0.15) is 5.10 Å². The largest absolute Gasteiger partial charge is 0.449 e. The smallest absolute Gasteiger partial charge is 0.342 e. The first-order chi connectivity index (χ1) is 12.0. The molecule has 1 aliphatic heterocycles. The molecule has 1 aromatic heterocycles. The van der Waals surface area contributed by atoms with Crippen LogP contribution in [0.1, 0.15) is 35.7 Å². The van der Waals surface area contributed by atoms with Crippen LogP contribution in [-0.4, -0.2) is 45.8 Å². The first-order valence-electron chi connectivity index (χ1n) is 8.30. The zero-order valence-corrected chi connectivity index (χ0v) is 14.8. The van der Waals surface area contributed by atoms with Gasteiger partial charge in [-0.15, -0.1) is 0 Å². The number of hydrogen-bond donors (Lipinski definition) is 0. The SMILES string of the molecule is CC(OC(=O)c1cnn(Cc2ccccc2Cl)c1)C(=O)N1CCCC1. The maximum atomic E-state index is 12.2. The van der Waals surface area contributed by atoms with Gasteiger partial charge in [0.2, 0.25) is 0 Å². The molecule has 0 radical (unpaired) electrons. The van der Waals surface area contributed by atoms with E-state index in [2.05, 4.69) is 5.10 Å². The predicted octanol–water partition coefficient (Wildman–Crippen LogP) is 2.75. The molecular weight excluding hydrogens is 342 g/mol. The van der Waals surface area contributed by atoms with E-state index < -0.39 is 12.1 Å². The average molecular weight is 362 g/mol. The van der Waals surface area contributed by atoms with Crippen LogP contribution in [0.3, 0.4) is 0 Å². The number of nitrogens with zero attached hydrogens (tertiary/aromatic N) is 3. The van der Waals surface area contributed by atoms with Crippen LogP contribution < -0.4 is 0 Å². The van der Waals surface area contributed by atoms with E-state index in [1.54, 1.807) is 28.8 Å². The average Bonchev–Trinajstić information content (AvgIpc) is 3.28. The molecule has 3 rings (SSSR count). The third-order valence-electron chi connectivity index (χ3n) is 4.21. The highest BCUT2D eigenvalue weighted by Gasteiger charge is 2.26. The molecular formula is C18H20ClN3O3. The van der Waals surface area contributed by atoms with Crippen LogP contribution in [0.15, 0.2) is 36.7 Å². The van der Waals surface area contributed by atoms with E-state index in [0.717, 1.165) is 31.5 Å². The van der Waals surface area contributed by atoms with E-state index >= 15 is 0 Å². The molecule has 1 aromatic carbocycles. The second-order valence-corrected chi connectivity index (χ2v) is 6.51. The van der Waals surface area contributed by atoms with Crippen LogP contribution >= 0.6 is 11.6 Å². The lowest BCUT2D eigenvalue weighted by molar-refractivity contribution is -0.138. The minimum Gasteiger partial charge on any atom is -0.449 e. The van der Waals surface area contributed by atoms with E-state index in [-0.39, 0.29) is 5.91 Å². The topological polar surface area (TPSA) is 64.4 Å². The molecule has 1 aliphatic rings. The normalized spacial score (nSPS) is 15.2. The summed E-state index contributed by atoms with van der Waals surface area (Å²) in [6.07, 6.45) is 4.24. The zero-order chi connectivity index (χ0) is 17.8. The molecule has 2 heterocycles. The van der Waals surface area contributed by atoms with Crippen molar-refractivity contribution < 1.29 is 14.3 Å². The van der Waals surface area contributed by atoms with Crippen molar-refractivity contribution >= 4 is 23.5 Å². The third-order valence-corrected chi connectivity index (χ3v) is 4.58. The van der Waals surface area contributed by atoms with Gasteiger partial charge in [0.1, 0.15) is 0 Å². The van der Waals surface area contributed by atoms with Crippen LogP contribution in [0.4, 0.5) is 0 Å². The molecule has 7 heteroatoms. The van der Waals surface area contributed by atoms with E-state index in [1.807, 2.05) is 18.2 Å². The number of carbonyl (C=O) groups excluding carboxylic acids is 2. The third kappa shape index (κ3) is 4.20. The van der Waals surface area contributed by atoms with Gasteiger partial charge in [0.25, 0.3) is 5.91 Å². The van der Waals surface area contributed by atoms with Crippen molar-refractivity contribution in [2.45, 2.75) is 32.4 Å². The molecule has 6 nitrogen and oxygen atoms in total. The minimum absolute atomic E-state index is 0.144. The van der Waals surface area contributed by atoms with Gasteiger partial charge in [-0.1, -0.05) is 29.8 Å². The molecule has 0 aliphatic carbocycles. The Balaban J connectivity index is 1.60. The molecule has 0 spiro atoms. The summed E-state index contributed by atoms with van der Waals surface area (Å²) in [6, 6.07) is 7.46. The molecule has 1 atom stereocenters. The van der Waals surface area contributed by atoms with Crippen molar-refractivity contribution in [3.63, 3.8) is 0 Å². The fraction of sp³-hybridized carbons (Fsp3) is 0.389. The van der Waals surface area contributed by atoms with Gasteiger partial charge in [0.15, 0.2) is 6.10 Å². The fourth-order valence-electron chi connectivity index (χ4n) is 2.83. The number of halogens is 1. The minimum atomic E-state index is -0.794. The highest BCUT2D eigenvalue weighted by atomic mass is 35.5. The summed E-state index contributed by atoms with van der Waals surface area (Å²) in [5.41, 5.74) is 1.22. The van der Waals surface area contributed by atoms with Crippen molar-refractivity contribution in [1.29, 1.82) is 0 Å². The first kappa shape index (κ1) is 17.5. The Labute approximate surface area is 151 Å². The number of amides is 1. The fourth-order valence-corrected chi connectivity index (χ4v) is 3.03. The lowest BCUT2D eigenvalue weighted by atomic mass is 10.2. The summed E-state index contributed by atoms with van der Waals surface area (Å²) in [4.78, 5) is 26.2. The van der Waals surface area contributed by atoms with Crippen molar-refractivity contribution in [2.24, 2.45) is 0 Å². The van der Waals surface area contributed by atoms with Gasteiger partial charge in [0, 0.05) is 24.3 Å². The Hall–Kier alpha value is -2.34. The van der Waals surface area contributed by atoms with Crippen molar-refractivity contribution in [2.75, 3.05) is 13.1 Å². The van der Waals surface area contributed by atoms with Gasteiger partial charge in [0.05, 0.1) is 18.3 Å². The molecule has 1 unspecified atom stereocenters. The molecule has 1 fully saturated rings. The summed E-state index contributed by atoms with van der Waals surface area (Å²) in [5, 5.41) is 4.81. The standard InChI is InChI=1S/C18H20ClN3O3/c1-13(17(23)21-8-4-5-9-21)25-18(24)15-10-20-22(12-15)11-14-6-2-3-7-16(14)19/h2-3,6-7,10,12-13H,4-5,8-9,11H2,1H3. The molecule has 0 N–H and O–H groups in total. The van der Waals surface area contributed by atoms with Gasteiger partial charge < -0.3 is 9.64 Å². The second-order valence-electron chi connectivity index (χ2n) is 6.10. The van der Waals surface area contributed by atoms with E-state index in [4.69, 9.17) is 16.3 Å². The van der Waals surface area contributed by atoms with E-state index in [1.165, 1.54) is 6.20 Å². The van der Waals surface area contributed by atoms with Crippen LogP contribution in [0.5, 0.6) is 0 Å². The van der Waals surface area contributed by atoms with Crippen LogP contribution in [0.2, 0.25) is 5.02 Å². The lowest BCUT2D eigenvalue weighted by Crippen LogP contribution is -2.38. The molecule has 25 heavy (non-hydrogen) atoms. The van der Waals surface area contributed by atoms with Crippen LogP contribution in [0.25, 0.3) is 0 Å². The number of esters is 1. The van der Waals surface area contributed by atoms with Crippen LogP contribution in [-0.2, 0) is 16.1 Å². The summed E-state index contributed by atoms with van der Waals surface area (Å²) in [6.45, 7) is 3.52. The highest BCUT2D eigenvalue weighted by molar-refractivity contribution is 6.31. The lowest BCUT2D eigenvalue weighted by Gasteiger charge is -2.20. The number of ether oxygens (including phenoxy) is 1. The second kappa shape index (κ2) is 7.70. The maximum absolute atomic E-state index is 12.2. The maximum Gasteiger partial charge on any atom is 0.342 e. The van der Waals surface area contributed by atoms with Gasteiger partial charge in [-0.25, -0.2) is 4.79 Å². The summed E-state index contributed by atoms with van der Waals surface area (Å²) < 4.78 is 6.90. The Bertz CT molecular complexity index is 768. The molecule has 0 saturated carbocycles. The zero-order valence-electron chi connectivity index (χ0n) is 14.0. The van der Waals surface area contributed by atoms with Gasteiger partial charge in [-0.3, -0.25) is 9.48 Å².